The van der Waals surface area contributed by atoms with Crippen LogP contribution in [0, 0.1) is 5.82 Å². The number of nitrogens with one attached hydrogen (secondary N) is 1. The van der Waals surface area contributed by atoms with E-state index in [1.807, 2.05) is 19.0 Å². The van der Waals surface area contributed by atoms with Crippen molar-refractivity contribution in [3.05, 3.63) is 59.9 Å². The fourth-order valence-corrected chi connectivity index (χ4v) is 4.47. The number of sulfonamides is 1. The Hall–Kier alpha value is -2.45. The van der Waals surface area contributed by atoms with E-state index in [1.165, 1.54) is 12.1 Å². The van der Waals surface area contributed by atoms with Crippen LogP contribution in [-0.2, 0) is 21.2 Å². The Morgan fingerprint density at radius 1 is 1.14 bits per heavy atom. The van der Waals surface area contributed by atoms with Crippen LogP contribution in [0.25, 0.3) is 0 Å². The fraction of sp³-hybridized carbons (Fsp3) is 0.381. The largest absolute Gasteiger partial charge is 0.341 e. The van der Waals surface area contributed by atoms with Crippen molar-refractivity contribution in [3.8, 4) is 0 Å². The van der Waals surface area contributed by atoms with Gasteiger partial charge in [0, 0.05) is 24.8 Å². The van der Waals surface area contributed by atoms with Gasteiger partial charge in [0.15, 0.2) is 0 Å². The second-order valence-corrected chi connectivity index (χ2v) is 9.21. The zero-order chi connectivity index (χ0) is 21.0. The van der Waals surface area contributed by atoms with Crippen molar-refractivity contribution in [2.24, 2.45) is 0 Å². The molecule has 2 aromatic rings. The molecule has 1 atom stereocenters. The third kappa shape index (κ3) is 5.55. The topological polar surface area (TPSA) is 69.7 Å². The van der Waals surface area contributed by atoms with E-state index in [0.717, 1.165) is 43.6 Å². The summed E-state index contributed by atoms with van der Waals surface area (Å²) in [4.78, 5) is 16.7. The molecule has 0 spiro atoms. The fourth-order valence-electron chi connectivity index (χ4n) is 3.41. The third-order valence-electron chi connectivity index (χ3n) is 5.16. The molecule has 1 aliphatic rings. The van der Waals surface area contributed by atoms with E-state index in [-0.39, 0.29) is 17.2 Å². The molecule has 0 aromatic heterocycles. The van der Waals surface area contributed by atoms with Crippen LogP contribution in [0.3, 0.4) is 0 Å². The minimum Gasteiger partial charge on any atom is -0.341 e. The summed E-state index contributed by atoms with van der Waals surface area (Å²) in [5.74, 6) is -0.417. The number of likely N-dealkylation sites (N-methyl/N-ethyl adjacent to an activating group) is 1. The van der Waals surface area contributed by atoms with E-state index in [9.17, 15) is 17.6 Å². The summed E-state index contributed by atoms with van der Waals surface area (Å²) in [5, 5.41) is 0. The normalized spacial score (nSPS) is 17.4. The van der Waals surface area contributed by atoms with Crippen LogP contribution in [0.4, 0.5) is 10.1 Å². The van der Waals surface area contributed by atoms with E-state index in [0.29, 0.717) is 11.7 Å². The summed E-state index contributed by atoms with van der Waals surface area (Å²) in [6.45, 7) is 1.51. The Kier molecular flexibility index (Phi) is 6.54. The molecular weight excluding hydrogens is 393 g/mol. The minimum atomic E-state index is -3.79. The van der Waals surface area contributed by atoms with Gasteiger partial charge in [-0.25, -0.2) is 12.8 Å². The predicted octanol–water partition coefficient (Wildman–Crippen LogP) is 2.72. The highest BCUT2D eigenvalue weighted by Gasteiger charge is 2.24. The summed E-state index contributed by atoms with van der Waals surface area (Å²) < 4.78 is 40.2. The number of nitrogens with zero attached hydrogens (tertiary/aromatic N) is 2. The number of anilines is 1. The van der Waals surface area contributed by atoms with Crippen molar-refractivity contribution in [2.75, 3.05) is 31.9 Å². The first-order valence-corrected chi connectivity index (χ1v) is 11.0. The molecular formula is C21H26FN3O3S. The number of piperidine rings is 1. The molecule has 156 valence electrons. The van der Waals surface area contributed by atoms with E-state index in [4.69, 9.17) is 0 Å². The van der Waals surface area contributed by atoms with Crippen molar-refractivity contribution in [1.29, 1.82) is 0 Å². The van der Waals surface area contributed by atoms with Crippen molar-refractivity contribution >= 4 is 21.6 Å². The number of carbonyl (C=O) groups excluding carboxylic acids is 1. The zero-order valence-corrected chi connectivity index (χ0v) is 17.5. The highest BCUT2D eigenvalue weighted by molar-refractivity contribution is 7.92. The maximum atomic E-state index is 13.0. The molecule has 0 saturated carbocycles. The lowest BCUT2D eigenvalue weighted by Crippen LogP contribution is -2.47. The van der Waals surface area contributed by atoms with Crippen molar-refractivity contribution in [2.45, 2.75) is 30.2 Å². The molecule has 29 heavy (non-hydrogen) atoms. The van der Waals surface area contributed by atoms with Crippen molar-refractivity contribution < 1.29 is 17.6 Å². The van der Waals surface area contributed by atoms with Gasteiger partial charge in [-0.15, -0.1) is 0 Å². The van der Waals surface area contributed by atoms with E-state index in [2.05, 4.69) is 9.62 Å². The Morgan fingerprint density at radius 3 is 2.41 bits per heavy atom. The highest BCUT2D eigenvalue weighted by atomic mass is 32.2. The monoisotopic (exact) mass is 419 g/mol. The second kappa shape index (κ2) is 8.92. The molecule has 0 bridgehead atoms. The molecule has 1 amide bonds. The lowest BCUT2D eigenvalue weighted by molar-refractivity contribution is -0.132. The number of likely N-dealkylation sites (tertiary alicyclic amines) is 1. The summed E-state index contributed by atoms with van der Waals surface area (Å²) in [6, 6.07) is 11.8. The van der Waals surface area contributed by atoms with Gasteiger partial charge in [0.25, 0.3) is 10.0 Å². The van der Waals surface area contributed by atoms with Gasteiger partial charge in [0.05, 0.1) is 11.3 Å². The molecule has 0 radical (unpaired) electrons. The van der Waals surface area contributed by atoms with E-state index in [1.54, 1.807) is 24.3 Å². The van der Waals surface area contributed by atoms with Gasteiger partial charge in [-0.05, 0) is 68.9 Å². The first-order chi connectivity index (χ1) is 13.7. The molecule has 1 heterocycles. The molecule has 1 saturated heterocycles. The minimum absolute atomic E-state index is 0.0151. The Labute approximate surface area is 171 Å². The molecule has 1 aliphatic heterocycles. The molecule has 1 unspecified atom stereocenters. The zero-order valence-electron chi connectivity index (χ0n) is 16.6. The average Bonchev–Trinajstić information content (AvgIpc) is 2.69. The lowest BCUT2D eigenvalue weighted by atomic mass is 10.0. The van der Waals surface area contributed by atoms with Gasteiger partial charge >= 0.3 is 0 Å². The molecule has 1 N–H and O–H groups in total. The van der Waals surface area contributed by atoms with Gasteiger partial charge in [-0.3, -0.25) is 9.52 Å². The number of rotatable bonds is 6. The Morgan fingerprint density at radius 2 is 1.79 bits per heavy atom. The predicted molar refractivity (Wildman–Crippen MR) is 111 cm³/mol. The van der Waals surface area contributed by atoms with Crippen LogP contribution in [0.5, 0.6) is 0 Å². The number of hydrogen-bond donors (Lipinski definition) is 1. The average molecular weight is 420 g/mol. The van der Waals surface area contributed by atoms with Gasteiger partial charge in [0.1, 0.15) is 5.82 Å². The summed E-state index contributed by atoms with van der Waals surface area (Å²) in [7, 11) is 0.270. The number of carbonyl (C=O) groups is 1. The smallest absolute Gasteiger partial charge is 0.261 e. The second-order valence-electron chi connectivity index (χ2n) is 7.53. The van der Waals surface area contributed by atoms with Crippen molar-refractivity contribution in [3.63, 3.8) is 0 Å². The summed E-state index contributed by atoms with van der Waals surface area (Å²) in [5.41, 5.74) is 1.21. The number of halogens is 1. The standard InChI is InChI=1S/C21H26FN3O3S/c1-24(2)19-4-3-13-25(15-19)21(26)14-16-5-9-18(10-6-16)23-29(27,28)20-11-7-17(22)8-12-20/h5-12,19,23H,3-4,13-15H2,1-2H3. The highest BCUT2D eigenvalue weighted by Crippen LogP contribution is 2.19. The Balaban J connectivity index is 1.61. The number of amides is 1. The van der Waals surface area contributed by atoms with Crippen LogP contribution >= 0.6 is 0 Å². The molecule has 0 aliphatic carbocycles. The SMILES string of the molecule is CN(C)C1CCCN(C(=O)Cc2ccc(NS(=O)(=O)c3ccc(F)cc3)cc2)C1. The quantitative estimate of drug-likeness (QED) is 0.782. The van der Waals surface area contributed by atoms with Gasteiger partial charge in [-0.2, -0.15) is 0 Å². The first-order valence-electron chi connectivity index (χ1n) is 9.56. The van der Waals surface area contributed by atoms with Crippen LogP contribution < -0.4 is 4.72 Å². The van der Waals surface area contributed by atoms with E-state index < -0.39 is 15.8 Å². The molecule has 1 fully saturated rings. The molecule has 2 aromatic carbocycles. The first kappa shape index (κ1) is 21.3. The number of hydrogen-bond acceptors (Lipinski definition) is 4. The molecule has 6 nitrogen and oxygen atoms in total. The molecule has 8 heteroatoms. The van der Waals surface area contributed by atoms with E-state index >= 15 is 0 Å². The van der Waals surface area contributed by atoms with Gasteiger partial charge in [0.2, 0.25) is 5.91 Å². The lowest BCUT2D eigenvalue weighted by Gasteiger charge is -2.36. The molecule has 3 rings (SSSR count). The maximum absolute atomic E-state index is 13.0. The maximum Gasteiger partial charge on any atom is 0.261 e. The summed E-state index contributed by atoms with van der Waals surface area (Å²) >= 11 is 0. The van der Waals surface area contributed by atoms with Crippen molar-refractivity contribution in [1.82, 2.24) is 9.80 Å². The van der Waals surface area contributed by atoms with Crippen LogP contribution in [0.2, 0.25) is 0 Å². The van der Waals surface area contributed by atoms with Crippen LogP contribution in [0.15, 0.2) is 53.4 Å². The Bertz CT molecular complexity index is 944. The third-order valence-corrected chi connectivity index (χ3v) is 6.56. The number of benzene rings is 2. The van der Waals surface area contributed by atoms with Gasteiger partial charge in [-0.1, -0.05) is 12.1 Å². The van der Waals surface area contributed by atoms with Gasteiger partial charge < -0.3 is 9.80 Å². The van der Waals surface area contributed by atoms with Crippen LogP contribution in [-0.4, -0.2) is 57.4 Å². The van der Waals surface area contributed by atoms with Crippen LogP contribution in [0.1, 0.15) is 18.4 Å². The summed E-state index contributed by atoms with van der Waals surface area (Å²) in [6.07, 6.45) is 2.38.